The molecule has 1 saturated carbocycles. The molecule has 2 rings (SSSR count). The number of ether oxygens (including phenoxy) is 1. The summed E-state index contributed by atoms with van der Waals surface area (Å²) in [5.41, 5.74) is 0.924. The number of rotatable bonds is 7. The molecule has 0 amide bonds. The number of halogens is 2. The van der Waals surface area contributed by atoms with Gasteiger partial charge in [-0.15, -0.1) is 0 Å². The van der Waals surface area contributed by atoms with Gasteiger partial charge >= 0.3 is 0 Å². The highest BCUT2D eigenvalue weighted by Gasteiger charge is 2.21. The van der Waals surface area contributed by atoms with Gasteiger partial charge in [0.25, 0.3) is 0 Å². The van der Waals surface area contributed by atoms with Crippen LogP contribution in [0.5, 0.6) is 0 Å². The van der Waals surface area contributed by atoms with E-state index in [9.17, 15) is 5.11 Å². The van der Waals surface area contributed by atoms with E-state index in [2.05, 4.69) is 21.2 Å². The van der Waals surface area contributed by atoms with E-state index in [1.165, 1.54) is 12.8 Å². The third kappa shape index (κ3) is 4.76. The Kier molecular flexibility index (Phi) is 5.30. The zero-order valence-corrected chi connectivity index (χ0v) is 12.4. The molecule has 0 aromatic heterocycles. The van der Waals surface area contributed by atoms with Crippen LogP contribution in [0.4, 0.5) is 5.69 Å². The molecule has 0 saturated heterocycles. The smallest absolute Gasteiger partial charge is 0.0945 e. The maximum Gasteiger partial charge on any atom is 0.0945 e. The summed E-state index contributed by atoms with van der Waals surface area (Å²) in [6.45, 7) is 1.64. The van der Waals surface area contributed by atoms with Crippen LogP contribution in [0.25, 0.3) is 0 Å². The molecule has 1 unspecified atom stereocenters. The molecule has 0 heterocycles. The molecule has 1 aromatic rings. The van der Waals surface area contributed by atoms with E-state index in [0.717, 1.165) is 22.7 Å². The Morgan fingerprint density at radius 3 is 2.94 bits per heavy atom. The predicted octanol–water partition coefficient (Wildman–Crippen LogP) is 3.30. The van der Waals surface area contributed by atoms with Crippen LogP contribution in [-0.2, 0) is 4.74 Å². The average molecular weight is 335 g/mol. The van der Waals surface area contributed by atoms with E-state index in [1.54, 1.807) is 0 Å². The van der Waals surface area contributed by atoms with Gasteiger partial charge in [-0.25, -0.2) is 0 Å². The lowest BCUT2D eigenvalue weighted by molar-refractivity contribution is 0.0386. The summed E-state index contributed by atoms with van der Waals surface area (Å²) in [6, 6.07) is 5.58. The van der Waals surface area contributed by atoms with Crippen LogP contribution in [0.15, 0.2) is 22.7 Å². The van der Waals surface area contributed by atoms with Crippen LogP contribution in [0.1, 0.15) is 12.8 Å². The van der Waals surface area contributed by atoms with Gasteiger partial charge in [-0.2, -0.15) is 0 Å². The highest BCUT2D eigenvalue weighted by molar-refractivity contribution is 9.10. The van der Waals surface area contributed by atoms with Crippen molar-refractivity contribution >= 4 is 33.2 Å². The van der Waals surface area contributed by atoms with E-state index < -0.39 is 6.10 Å². The molecule has 18 heavy (non-hydrogen) atoms. The third-order valence-corrected chi connectivity index (χ3v) is 4.04. The molecular formula is C13H17BrClNO2. The standard InChI is InChI=1S/C13H17BrClNO2/c14-12-5-10(3-4-13(12)15)16-6-11(17)8-18-7-9-1-2-9/h3-5,9,11,16-17H,1-2,6-8H2. The van der Waals surface area contributed by atoms with Gasteiger partial charge in [0.15, 0.2) is 0 Å². The number of hydrogen-bond donors (Lipinski definition) is 2. The zero-order chi connectivity index (χ0) is 13.0. The first kappa shape index (κ1) is 14.1. The van der Waals surface area contributed by atoms with Crippen molar-refractivity contribution in [1.29, 1.82) is 0 Å². The Morgan fingerprint density at radius 1 is 1.50 bits per heavy atom. The maximum absolute atomic E-state index is 9.74. The molecule has 0 radical (unpaired) electrons. The van der Waals surface area contributed by atoms with Crippen molar-refractivity contribution in [3.05, 3.63) is 27.7 Å². The first-order valence-electron chi connectivity index (χ1n) is 6.10. The largest absolute Gasteiger partial charge is 0.389 e. The number of nitrogens with one attached hydrogen (secondary N) is 1. The third-order valence-electron chi connectivity index (χ3n) is 2.82. The van der Waals surface area contributed by atoms with Crippen molar-refractivity contribution in [1.82, 2.24) is 0 Å². The lowest BCUT2D eigenvalue weighted by atomic mass is 10.3. The van der Waals surface area contributed by atoms with Crippen molar-refractivity contribution < 1.29 is 9.84 Å². The summed E-state index contributed by atoms with van der Waals surface area (Å²) in [5, 5.41) is 13.6. The minimum Gasteiger partial charge on any atom is -0.389 e. The van der Waals surface area contributed by atoms with Crippen LogP contribution in [-0.4, -0.2) is 31.0 Å². The Labute approximate surface area is 121 Å². The van der Waals surface area contributed by atoms with Crippen molar-refractivity contribution in [2.45, 2.75) is 18.9 Å². The van der Waals surface area contributed by atoms with Gasteiger partial charge in [-0.05, 0) is 52.9 Å². The molecule has 1 aliphatic carbocycles. The van der Waals surface area contributed by atoms with E-state index in [1.807, 2.05) is 18.2 Å². The van der Waals surface area contributed by atoms with E-state index in [4.69, 9.17) is 16.3 Å². The minimum absolute atomic E-state index is 0.387. The zero-order valence-electron chi connectivity index (χ0n) is 10.0. The molecule has 0 aliphatic heterocycles. The fourth-order valence-electron chi connectivity index (χ4n) is 1.56. The van der Waals surface area contributed by atoms with Crippen molar-refractivity contribution in [3.8, 4) is 0 Å². The molecular weight excluding hydrogens is 318 g/mol. The highest BCUT2D eigenvalue weighted by atomic mass is 79.9. The van der Waals surface area contributed by atoms with E-state index >= 15 is 0 Å². The van der Waals surface area contributed by atoms with Gasteiger partial charge in [0.2, 0.25) is 0 Å². The summed E-state index contributed by atoms with van der Waals surface area (Å²) in [6.07, 6.45) is 2.05. The fourth-order valence-corrected chi connectivity index (χ4v) is 2.05. The molecule has 0 spiro atoms. The second-order valence-corrected chi connectivity index (χ2v) is 5.91. The van der Waals surface area contributed by atoms with Crippen molar-refractivity contribution in [3.63, 3.8) is 0 Å². The molecule has 1 aromatic carbocycles. The Balaban J connectivity index is 1.67. The van der Waals surface area contributed by atoms with Crippen LogP contribution in [0, 0.1) is 5.92 Å². The number of aliphatic hydroxyl groups is 1. The first-order chi connectivity index (χ1) is 8.65. The van der Waals surface area contributed by atoms with Crippen molar-refractivity contribution in [2.24, 2.45) is 5.92 Å². The molecule has 100 valence electrons. The topological polar surface area (TPSA) is 41.5 Å². The highest BCUT2D eigenvalue weighted by Crippen LogP contribution is 2.28. The summed E-state index contributed by atoms with van der Waals surface area (Å²) in [5.74, 6) is 0.734. The Hall–Kier alpha value is -0.290. The van der Waals surface area contributed by atoms with Crippen molar-refractivity contribution in [2.75, 3.05) is 25.1 Å². The maximum atomic E-state index is 9.74. The van der Waals surface area contributed by atoms with E-state index in [-0.39, 0.29) is 0 Å². The van der Waals surface area contributed by atoms with Gasteiger partial charge in [-0.3, -0.25) is 0 Å². The van der Waals surface area contributed by atoms with Gasteiger partial charge in [-0.1, -0.05) is 11.6 Å². The summed E-state index contributed by atoms with van der Waals surface area (Å²) in [7, 11) is 0. The summed E-state index contributed by atoms with van der Waals surface area (Å²) >= 11 is 9.26. The summed E-state index contributed by atoms with van der Waals surface area (Å²) < 4.78 is 6.27. The molecule has 3 nitrogen and oxygen atoms in total. The molecule has 1 aliphatic rings. The van der Waals surface area contributed by atoms with Gasteiger partial charge in [0, 0.05) is 23.3 Å². The lowest BCUT2D eigenvalue weighted by Gasteiger charge is -2.13. The Bertz CT molecular complexity index is 399. The minimum atomic E-state index is -0.488. The van der Waals surface area contributed by atoms with Gasteiger partial charge in [0.1, 0.15) is 0 Å². The van der Waals surface area contributed by atoms with Crippen LogP contribution < -0.4 is 5.32 Å². The molecule has 5 heteroatoms. The predicted molar refractivity (Wildman–Crippen MR) is 77.2 cm³/mol. The second kappa shape index (κ2) is 6.75. The first-order valence-corrected chi connectivity index (χ1v) is 7.27. The lowest BCUT2D eigenvalue weighted by Crippen LogP contribution is -2.25. The molecule has 0 bridgehead atoms. The number of aliphatic hydroxyl groups excluding tert-OH is 1. The number of anilines is 1. The quantitative estimate of drug-likeness (QED) is 0.804. The normalized spacial score (nSPS) is 16.6. The monoisotopic (exact) mass is 333 g/mol. The molecule has 2 N–H and O–H groups in total. The van der Waals surface area contributed by atoms with Crippen LogP contribution >= 0.6 is 27.5 Å². The second-order valence-electron chi connectivity index (χ2n) is 4.64. The van der Waals surface area contributed by atoms with E-state index in [0.29, 0.717) is 18.2 Å². The fraction of sp³-hybridized carbons (Fsp3) is 0.538. The van der Waals surface area contributed by atoms with Crippen LogP contribution in [0.3, 0.4) is 0 Å². The summed E-state index contributed by atoms with van der Waals surface area (Å²) in [4.78, 5) is 0. The van der Waals surface area contributed by atoms with Gasteiger partial charge in [0.05, 0.1) is 17.7 Å². The SMILES string of the molecule is OC(CNc1ccc(Cl)c(Br)c1)COCC1CC1. The van der Waals surface area contributed by atoms with Gasteiger partial charge < -0.3 is 15.2 Å². The van der Waals surface area contributed by atoms with Crippen LogP contribution in [0.2, 0.25) is 5.02 Å². The molecule has 1 fully saturated rings. The number of hydrogen-bond acceptors (Lipinski definition) is 3. The molecule has 1 atom stereocenters. The number of benzene rings is 1. The average Bonchev–Trinajstić information content (AvgIpc) is 3.15. The Morgan fingerprint density at radius 2 is 2.28 bits per heavy atom.